The Bertz CT molecular complexity index is 230. The number of carbonyl (C=O) groups is 1. The van der Waals surface area contributed by atoms with E-state index in [2.05, 4.69) is 9.62 Å². The Morgan fingerprint density at radius 3 is 2.77 bits per heavy atom. The molecule has 8 nitrogen and oxygen atoms in total. The van der Waals surface area contributed by atoms with Crippen molar-refractivity contribution in [2.24, 2.45) is 10.7 Å². The molecule has 0 fully saturated rings. The average molecular weight is 210 g/mol. The lowest BCUT2D eigenvalue weighted by Gasteiger charge is -1.95. The van der Waals surface area contributed by atoms with Crippen LogP contribution in [0.15, 0.2) is 4.99 Å². The first-order valence-corrected chi connectivity index (χ1v) is 4.26. The normalized spacial score (nSPS) is 12.4. The Kier molecular flexibility index (Phi) is 5.69. The number of nitrogens with two attached hydrogens (primary N) is 1. The zero-order valence-electron chi connectivity index (χ0n) is 6.51. The number of carboxylic acids is 1. The Hall–Kier alpha value is -1.24. The molecule has 0 aliphatic carbocycles. The predicted octanol–water partition coefficient (Wildman–Crippen LogP) is -1.05. The molecule has 0 radical (unpaired) electrons. The van der Waals surface area contributed by atoms with Crippen molar-refractivity contribution in [3.8, 4) is 0 Å². The van der Waals surface area contributed by atoms with Crippen LogP contribution in [0.25, 0.3) is 0 Å². The summed E-state index contributed by atoms with van der Waals surface area (Å²) in [6, 6.07) is 0. The van der Waals surface area contributed by atoms with Crippen LogP contribution in [-0.2, 0) is 14.0 Å². The van der Waals surface area contributed by atoms with Crippen molar-refractivity contribution < 1.29 is 24.0 Å². The zero-order chi connectivity index (χ0) is 10.3. The van der Waals surface area contributed by atoms with Crippen LogP contribution in [0.1, 0.15) is 6.42 Å². The smallest absolute Gasteiger partial charge is 0.481 e. The topological polar surface area (TPSA) is 134 Å². The number of aliphatic imine (C=N–C) groups is 1. The molecule has 0 aliphatic rings. The number of rotatable bonds is 5. The maximum Gasteiger partial charge on any atom is 0.719 e. The Labute approximate surface area is 74.3 Å². The monoisotopic (exact) mass is 210 g/mol. The van der Waals surface area contributed by atoms with Gasteiger partial charge in [-0.25, -0.2) is 0 Å². The van der Waals surface area contributed by atoms with Crippen molar-refractivity contribution in [3.63, 3.8) is 0 Å². The predicted molar refractivity (Wildman–Crippen MR) is 42.8 cm³/mol. The second-order valence-electron chi connectivity index (χ2n) is 1.84. The van der Waals surface area contributed by atoms with Crippen molar-refractivity contribution in [2.75, 3.05) is 6.54 Å². The van der Waals surface area contributed by atoms with Crippen molar-refractivity contribution in [1.82, 2.24) is 5.48 Å². The quantitative estimate of drug-likeness (QED) is 0.197. The molecule has 0 saturated carbocycles. The lowest BCUT2D eigenvalue weighted by atomic mass is 10.4. The van der Waals surface area contributed by atoms with Crippen molar-refractivity contribution in [1.29, 1.82) is 0 Å². The highest BCUT2D eigenvalue weighted by Crippen LogP contribution is 2.10. The standard InChI is InChI=1S/C4H8N3O5P/c5-4(7-12-13(10)11)6-2-1-3(8)9/h1-2H2,(H4-,5,6,7,8,9,10,11)/p+1. The molecule has 13 heavy (non-hydrogen) atoms. The van der Waals surface area contributed by atoms with Crippen molar-refractivity contribution in [3.05, 3.63) is 0 Å². The molecule has 0 spiro atoms. The van der Waals surface area contributed by atoms with Crippen LogP contribution < -0.4 is 11.2 Å². The molecule has 1 unspecified atom stereocenters. The minimum atomic E-state index is -2.80. The number of hydroxylamine groups is 1. The Balaban J connectivity index is 3.63. The molecular formula is C4H9N3O5P+. The number of carboxylic acid groups (broad SMARTS) is 1. The molecule has 0 heterocycles. The highest BCUT2D eigenvalue weighted by molar-refractivity contribution is 7.32. The third kappa shape index (κ3) is 8.67. The van der Waals surface area contributed by atoms with Gasteiger partial charge in [-0.1, -0.05) is 0 Å². The third-order valence-corrected chi connectivity index (χ3v) is 1.08. The van der Waals surface area contributed by atoms with Crippen LogP contribution in [-0.4, -0.2) is 28.5 Å². The molecule has 0 amide bonds. The molecule has 9 heteroatoms. The number of guanidine groups is 1. The molecule has 0 saturated heterocycles. The third-order valence-electron chi connectivity index (χ3n) is 0.836. The van der Waals surface area contributed by atoms with Gasteiger partial charge < -0.3 is 10.8 Å². The van der Waals surface area contributed by atoms with Gasteiger partial charge in [-0.05, 0) is 0 Å². The molecular weight excluding hydrogens is 201 g/mol. The lowest BCUT2D eigenvalue weighted by Crippen LogP contribution is -2.30. The highest BCUT2D eigenvalue weighted by atomic mass is 31.1. The van der Waals surface area contributed by atoms with E-state index in [-0.39, 0.29) is 18.9 Å². The molecule has 0 aromatic rings. The van der Waals surface area contributed by atoms with Gasteiger partial charge in [0.15, 0.2) is 0 Å². The van der Waals surface area contributed by atoms with Crippen LogP contribution in [0, 0.1) is 0 Å². The molecule has 0 aliphatic heterocycles. The van der Waals surface area contributed by atoms with Crippen LogP contribution in [0.4, 0.5) is 0 Å². The Morgan fingerprint density at radius 2 is 2.31 bits per heavy atom. The second-order valence-corrected chi connectivity index (χ2v) is 2.50. The van der Waals surface area contributed by atoms with Crippen LogP contribution in [0.3, 0.4) is 0 Å². The van der Waals surface area contributed by atoms with E-state index < -0.39 is 14.2 Å². The van der Waals surface area contributed by atoms with Gasteiger partial charge in [-0.15, -0.1) is 4.89 Å². The summed E-state index contributed by atoms with van der Waals surface area (Å²) in [5.74, 6) is -1.26. The number of hydrogen-bond donors (Lipinski definition) is 4. The van der Waals surface area contributed by atoms with Gasteiger partial charge in [0.1, 0.15) is 0 Å². The van der Waals surface area contributed by atoms with Crippen LogP contribution in [0.2, 0.25) is 0 Å². The van der Waals surface area contributed by atoms with E-state index in [1.165, 1.54) is 0 Å². The van der Waals surface area contributed by atoms with Crippen molar-refractivity contribution >= 4 is 20.2 Å². The van der Waals surface area contributed by atoms with E-state index in [0.717, 1.165) is 0 Å². The maximum atomic E-state index is 10.00. The van der Waals surface area contributed by atoms with E-state index in [9.17, 15) is 9.36 Å². The summed E-state index contributed by atoms with van der Waals surface area (Å²) < 4.78 is 13.9. The van der Waals surface area contributed by atoms with E-state index in [0.29, 0.717) is 0 Å². The van der Waals surface area contributed by atoms with Gasteiger partial charge in [0.25, 0.3) is 0 Å². The fourth-order valence-corrected chi connectivity index (χ4v) is 0.562. The van der Waals surface area contributed by atoms with Gasteiger partial charge in [-0.2, -0.15) is 5.48 Å². The molecule has 1 atom stereocenters. The molecule has 0 bridgehead atoms. The number of hydrogen-bond acceptors (Lipinski definition) is 4. The second kappa shape index (κ2) is 6.30. The van der Waals surface area contributed by atoms with Crippen LogP contribution >= 0.6 is 8.25 Å². The largest absolute Gasteiger partial charge is 0.719 e. The average Bonchev–Trinajstić information content (AvgIpc) is 2.00. The van der Waals surface area contributed by atoms with E-state index in [1.54, 1.807) is 0 Å². The van der Waals surface area contributed by atoms with E-state index in [4.69, 9.17) is 15.7 Å². The van der Waals surface area contributed by atoms with Gasteiger partial charge in [0.2, 0.25) is 5.96 Å². The maximum absolute atomic E-state index is 10.00. The van der Waals surface area contributed by atoms with Gasteiger partial charge >= 0.3 is 14.2 Å². The minimum absolute atomic E-state index is 0.0280. The fraction of sp³-hybridized carbons (Fsp3) is 0.500. The number of nitrogens with one attached hydrogen (secondary N) is 1. The SMILES string of the molecule is NC(=NCCC(=O)O)NO[P+](=O)O. The molecule has 0 aromatic carbocycles. The summed E-state index contributed by atoms with van der Waals surface area (Å²) in [6.07, 6.45) is -0.173. The summed E-state index contributed by atoms with van der Waals surface area (Å²) in [5.41, 5.74) is 6.95. The summed E-state index contributed by atoms with van der Waals surface area (Å²) in [4.78, 5) is 21.6. The molecule has 5 N–H and O–H groups in total. The van der Waals surface area contributed by atoms with Crippen LogP contribution in [0.5, 0.6) is 0 Å². The van der Waals surface area contributed by atoms with Gasteiger partial charge in [-0.3, -0.25) is 9.79 Å². The van der Waals surface area contributed by atoms with Gasteiger partial charge in [0.05, 0.1) is 13.0 Å². The Morgan fingerprint density at radius 1 is 1.69 bits per heavy atom. The number of nitrogens with zero attached hydrogens (tertiary/aromatic N) is 1. The number of aliphatic carboxylic acids is 1. The van der Waals surface area contributed by atoms with E-state index in [1.807, 2.05) is 5.48 Å². The minimum Gasteiger partial charge on any atom is -0.481 e. The molecule has 0 aromatic heterocycles. The molecule has 74 valence electrons. The van der Waals surface area contributed by atoms with Gasteiger partial charge in [0, 0.05) is 9.19 Å². The first kappa shape index (κ1) is 11.8. The zero-order valence-corrected chi connectivity index (χ0v) is 7.40. The lowest BCUT2D eigenvalue weighted by molar-refractivity contribution is -0.136. The summed E-state index contributed by atoms with van der Waals surface area (Å²) in [7, 11) is -2.80. The first-order valence-electron chi connectivity index (χ1n) is 3.13. The van der Waals surface area contributed by atoms with E-state index >= 15 is 0 Å². The molecule has 0 rings (SSSR count). The summed E-state index contributed by atoms with van der Waals surface area (Å²) >= 11 is 0. The summed E-state index contributed by atoms with van der Waals surface area (Å²) in [5, 5.41) is 8.20. The first-order chi connectivity index (χ1) is 6.02. The summed E-state index contributed by atoms with van der Waals surface area (Å²) in [6.45, 7) is -0.0280. The highest BCUT2D eigenvalue weighted by Gasteiger charge is 2.12. The van der Waals surface area contributed by atoms with Crippen molar-refractivity contribution in [2.45, 2.75) is 6.42 Å². The fourth-order valence-electron chi connectivity index (χ4n) is 0.390.